The van der Waals surface area contributed by atoms with Gasteiger partial charge in [-0.1, -0.05) is 53.9 Å². The number of unbranched alkanes of at least 4 members (excludes halogenated alkanes) is 2. The Morgan fingerprint density at radius 2 is 1.83 bits per heavy atom. The van der Waals surface area contributed by atoms with Gasteiger partial charge in [0.05, 0.1) is 12.2 Å². The number of benzene rings is 1. The van der Waals surface area contributed by atoms with Gasteiger partial charge in [0.15, 0.2) is 0 Å². The predicted octanol–water partition coefficient (Wildman–Crippen LogP) is 5.37. The number of phenolic OH excluding ortho intramolecular Hbond substituents is 1. The Balaban J connectivity index is 2.62. The first-order valence-electron chi connectivity index (χ1n) is 8.64. The summed E-state index contributed by atoms with van der Waals surface area (Å²) in [5, 5.41) is 10.2. The van der Waals surface area contributed by atoms with Gasteiger partial charge < -0.3 is 9.84 Å². The van der Waals surface area contributed by atoms with Crippen LogP contribution in [0, 0.1) is 12.8 Å². The van der Waals surface area contributed by atoms with Crippen molar-refractivity contribution in [2.45, 2.75) is 72.6 Å². The first kappa shape index (κ1) is 19.5. The average molecular weight is 320 g/mol. The van der Waals surface area contributed by atoms with Gasteiger partial charge in [-0.3, -0.25) is 0 Å². The number of hydrogen-bond donors (Lipinski definition) is 1. The van der Waals surface area contributed by atoms with E-state index in [1.165, 1.54) is 12.8 Å². The van der Waals surface area contributed by atoms with Crippen molar-refractivity contribution in [2.24, 2.45) is 5.92 Å². The van der Waals surface area contributed by atoms with Gasteiger partial charge in [0.2, 0.25) is 0 Å². The van der Waals surface area contributed by atoms with Crippen molar-refractivity contribution in [3.63, 3.8) is 0 Å². The van der Waals surface area contributed by atoms with Crippen molar-refractivity contribution >= 4 is 5.97 Å². The Bertz CT molecular complexity index is 524. The van der Waals surface area contributed by atoms with Crippen molar-refractivity contribution in [1.29, 1.82) is 0 Å². The van der Waals surface area contributed by atoms with Gasteiger partial charge in [-0.25, -0.2) is 4.79 Å². The Morgan fingerprint density at radius 3 is 2.39 bits per heavy atom. The first-order chi connectivity index (χ1) is 10.6. The lowest BCUT2D eigenvalue weighted by Gasteiger charge is -2.22. The van der Waals surface area contributed by atoms with Crippen LogP contribution >= 0.6 is 0 Å². The standard InChI is InChI=1S/C20H32O3/c1-14(2)10-8-7-9-11-23-19(22)16-12-15(3)18(21)17(13-16)20(4,5)6/h12-14,21H,7-11H2,1-6H3. The second-order valence-electron chi connectivity index (χ2n) is 7.82. The van der Waals surface area contributed by atoms with Gasteiger partial charge in [-0.15, -0.1) is 0 Å². The molecule has 0 radical (unpaired) electrons. The minimum absolute atomic E-state index is 0.220. The van der Waals surface area contributed by atoms with Gasteiger partial charge in [-0.2, -0.15) is 0 Å². The zero-order chi connectivity index (χ0) is 17.6. The van der Waals surface area contributed by atoms with E-state index < -0.39 is 0 Å². The molecule has 130 valence electrons. The van der Waals surface area contributed by atoms with E-state index in [0.717, 1.165) is 24.3 Å². The summed E-state index contributed by atoms with van der Waals surface area (Å²) < 4.78 is 5.38. The maximum atomic E-state index is 12.2. The van der Waals surface area contributed by atoms with Crippen molar-refractivity contribution < 1.29 is 14.6 Å². The molecule has 0 saturated carbocycles. The molecule has 1 rings (SSSR count). The van der Waals surface area contributed by atoms with Crippen molar-refractivity contribution in [3.05, 3.63) is 28.8 Å². The van der Waals surface area contributed by atoms with Crippen molar-refractivity contribution in [2.75, 3.05) is 6.61 Å². The largest absolute Gasteiger partial charge is 0.507 e. The molecule has 1 aromatic rings. The molecule has 3 nitrogen and oxygen atoms in total. The third-order valence-corrected chi connectivity index (χ3v) is 4.00. The number of carbonyl (C=O) groups is 1. The van der Waals surface area contributed by atoms with Crippen LogP contribution in [0.4, 0.5) is 0 Å². The molecule has 0 aliphatic heterocycles. The summed E-state index contributed by atoms with van der Waals surface area (Å²) >= 11 is 0. The fraction of sp³-hybridized carbons (Fsp3) is 0.650. The molecule has 1 aromatic carbocycles. The summed E-state index contributed by atoms with van der Waals surface area (Å²) in [4.78, 5) is 12.2. The second-order valence-corrected chi connectivity index (χ2v) is 7.82. The van der Waals surface area contributed by atoms with E-state index in [1.807, 2.05) is 27.7 Å². The monoisotopic (exact) mass is 320 g/mol. The zero-order valence-electron chi connectivity index (χ0n) is 15.5. The average Bonchev–Trinajstić information content (AvgIpc) is 2.43. The Hall–Kier alpha value is -1.51. The van der Waals surface area contributed by atoms with Crippen LogP contribution < -0.4 is 0 Å². The van der Waals surface area contributed by atoms with Crippen LogP contribution in [0.15, 0.2) is 12.1 Å². The predicted molar refractivity (Wildman–Crippen MR) is 95.1 cm³/mol. The van der Waals surface area contributed by atoms with E-state index in [1.54, 1.807) is 12.1 Å². The number of phenols is 1. The van der Waals surface area contributed by atoms with Crippen LogP contribution in [0.1, 0.15) is 81.8 Å². The molecule has 0 saturated heterocycles. The molecule has 0 heterocycles. The summed E-state index contributed by atoms with van der Waals surface area (Å²) in [6.45, 7) is 12.8. The van der Waals surface area contributed by atoms with Gasteiger partial charge >= 0.3 is 5.97 Å². The molecular formula is C20H32O3. The van der Waals surface area contributed by atoms with E-state index in [0.29, 0.717) is 17.7 Å². The van der Waals surface area contributed by atoms with Crippen LogP contribution in [-0.2, 0) is 10.2 Å². The number of aromatic hydroxyl groups is 1. The van der Waals surface area contributed by atoms with Crippen LogP contribution in [0.25, 0.3) is 0 Å². The summed E-state index contributed by atoms with van der Waals surface area (Å²) in [6.07, 6.45) is 4.40. The molecule has 23 heavy (non-hydrogen) atoms. The molecule has 0 spiro atoms. The lowest BCUT2D eigenvalue weighted by molar-refractivity contribution is 0.0497. The van der Waals surface area contributed by atoms with Crippen LogP contribution in [-0.4, -0.2) is 17.7 Å². The summed E-state index contributed by atoms with van der Waals surface area (Å²) in [5.41, 5.74) is 1.79. The number of ether oxygens (including phenoxy) is 1. The highest BCUT2D eigenvalue weighted by molar-refractivity contribution is 5.90. The highest BCUT2D eigenvalue weighted by Crippen LogP contribution is 2.34. The molecular weight excluding hydrogens is 288 g/mol. The summed E-state index contributed by atoms with van der Waals surface area (Å²) in [5.74, 6) is 0.693. The second kappa shape index (κ2) is 8.37. The first-order valence-corrected chi connectivity index (χ1v) is 8.64. The van der Waals surface area contributed by atoms with Gasteiger partial charge in [0.25, 0.3) is 0 Å². The molecule has 0 aliphatic carbocycles. The van der Waals surface area contributed by atoms with Crippen molar-refractivity contribution in [3.8, 4) is 5.75 Å². The highest BCUT2D eigenvalue weighted by atomic mass is 16.5. The highest BCUT2D eigenvalue weighted by Gasteiger charge is 2.22. The normalized spacial score (nSPS) is 11.8. The molecule has 0 aliphatic rings. The number of hydrogen-bond acceptors (Lipinski definition) is 3. The molecule has 0 fully saturated rings. The fourth-order valence-electron chi connectivity index (χ4n) is 2.55. The number of aryl methyl sites for hydroxylation is 1. The molecule has 0 unspecified atom stereocenters. The van der Waals surface area contributed by atoms with Gasteiger partial charge in [0, 0.05) is 5.56 Å². The topological polar surface area (TPSA) is 46.5 Å². The fourth-order valence-corrected chi connectivity index (χ4v) is 2.55. The SMILES string of the molecule is Cc1cc(C(=O)OCCCCCC(C)C)cc(C(C)(C)C)c1O. The molecule has 1 N–H and O–H groups in total. The quantitative estimate of drug-likeness (QED) is 0.542. The Morgan fingerprint density at radius 1 is 1.17 bits per heavy atom. The Labute approximate surface area is 141 Å². The van der Waals surface area contributed by atoms with Gasteiger partial charge in [-0.05, 0) is 42.4 Å². The van der Waals surface area contributed by atoms with E-state index in [2.05, 4.69) is 13.8 Å². The zero-order valence-corrected chi connectivity index (χ0v) is 15.5. The van der Waals surface area contributed by atoms with E-state index >= 15 is 0 Å². The van der Waals surface area contributed by atoms with Gasteiger partial charge in [0.1, 0.15) is 5.75 Å². The van der Waals surface area contributed by atoms with Crippen LogP contribution in [0.3, 0.4) is 0 Å². The molecule has 3 heteroatoms. The number of esters is 1. The maximum absolute atomic E-state index is 12.2. The maximum Gasteiger partial charge on any atom is 0.338 e. The minimum atomic E-state index is -0.303. The third-order valence-electron chi connectivity index (χ3n) is 4.00. The summed E-state index contributed by atoms with van der Waals surface area (Å²) in [7, 11) is 0. The van der Waals surface area contributed by atoms with E-state index in [9.17, 15) is 9.90 Å². The number of carbonyl (C=O) groups excluding carboxylic acids is 1. The Kier molecular flexibility index (Phi) is 7.11. The molecule has 0 bridgehead atoms. The van der Waals surface area contributed by atoms with Crippen LogP contribution in [0.5, 0.6) is 5.75 Å². The molecule has 0 aromatic heterocycles. The molecule has 0 atom stereocenters. The molecule has 0 amide bonds. The van der Waals surface area contributed by atoms with Crippen LogP contribution in [0.2, 0.25) is 0 Å². The van der Waals surface area contributed by atoms with Crippen molar-refractivity contribution in [1.82, 2.24) is 0 Å². The lowest BCUT2D eigenvalue weighted by Crippen LogP contribution is -2.14. The number of rotatable bonds is 7. The minimum Gasteiger partial charge on any atom is -0.507 e. The summed E-state index contributed by atoms with van der Waals surface area (Å²) in [6, 6.07) is 3.45. The smallest absolute Gasteiger partial charge is 0.338 e. The van der Waals surface area contributed by atoms with E-state index in [-0.39, 0.29) is 17.1 Å². The lowest BCUT2D eigenvalue weighted by atomic mass is 9.84. The third kappa shape index (κ3) is 6.25. The van der Waals surface area contributed by atoms with E-state index in [4.69, 9.17) is 4.74 Å².